The number of alkyl halides is 3. The van der Waals surface area contributed by atoms with Crippen LogP contribution in [0.15, 0.2) is 34.8 Å². The monoisotopic (exact) mass is 631 g/mol. The maximum atomic E-state index is 14.1. The van der Waals surface area contributed by atoms with Crippen LogP contribution in [0.4, 0.5) is 18.2 Å². The Kier molecular flexibility index (Phi) is 7.17. The lowest BCUT2D eigenvalue weighted by molar-refractivity contribution is -0.142. The Morgan fingerprint density at radius 2 is 1.95 bits per heavy atom. The van der Waals surface area contributed by atoms with Crippen molar-refractivity contribution in [1.82, 2.24) is 14.6 Å². The van der Waals surface area contributed by atoms with Crippen molar-refractivity contribution in [2.24, 2.45) is 11.3 Å². The van der Waals surface area contributed by atoms with E-state index in [9.17, 15) is 23.2 Å². The Morgan fingerprint density at radius 1 is 1.25 bits per heavy atom. The predicted molar refractivity (Wildman–Crippen MR) is 150 cm³/mol. The first-order chi connectivity index (χ1) is 18.8. The summed E-state index contributed by atoms with van der Waals surface area (Å²) in [5.74, 6) is 0.248. The minimum atomic E-state index is -4.77. The number of anilines is 1. The van der Waals surface area contributed by atoms with E-state index in [2.05, 4.69) is 58.2 Å². The highest BCUT2D eigenvalue weighted by molar-refractivity contribution is 9.10. The number of rotatable bonds is 4. The number of halogens is 4. The molecule has 40 heavy (non-hydrogen) atoms. The summed E-state index contributed by atoms with van der Waals surface area (Å²) < 4.78 is 48.1. The van der Waals surface area contributed by atoms with Gasteiger partial charge in [-0.15, -0.1) is 11.3 Å². The number of carbonyl (C=O) groups is 1. The minimum Gasteiger partial charge on any atom is -0.497 e. The molecule has 0 spiro atoms. The average Bonchev–Trinajstić information content (AvgIpc) is 3.43. The lowest BCUT2D eigenvalue weighted by atomic mass is 9.72. The molecular weight excluding hydrogens is 607 g/mol. The summed E-state index contributed by atoms with van der Waals surface area (Å²) in [5, 5.41) is 17.0. The third-order valence-corrected chi connectivity index (χ3v) is 9.15. The van der Waals surface area contributed by atoms with Gasteiger partial charge in [0.1, 0.15) is 16.8 Å². The molecule has 1 N–H and O–H groups in total. The largest absolute Gasteiger partial charge is 0.497 e. The van der Waals surface area contributed by atoms with E-state index in [1.807, 2.05) is 0 Å². The van der Waals surface area contributed by atoms with Gasteiger partial charge < -0.3 is 10.1 Å². The van der Waals surface area contributed by atoms with E-state index in [-0.39, 0.29) is 26.9 Å². The van der Waals surface area contributed by atoms with E-state index in [0.717, 1.165) is 35.8 Å². The lowest BCUT2D eigenvalue weighted by Gasteiger charge is -2.33. The number of methoxy groups -OCH3 is 1. The molecule has 12 heteroatoms. The zero-order valence-corrected chi connectivity index (χ0v) is 24.5. The molecule has 1 aliphatic carbocycles. The van der Waals surface area contributed by atoms with Crippen molar-refractivity contribution in [3.8, 4) is 23.1 Å². The summed E-state index contributed by atoms with van der Waals surface area (Å²) in [5.41, 5.74) is 0.412. The fourth-order valence-electron chi connectivity index (χ4n) is 4.94. The van der Waals surface area contributed by atoms with E-state index in [0.29, 0.717) is 32.3 Å². The molecule has 3 aromatic heterocycles. The highest BCUT2D eigenvalue weighted by Crippen LogP contribution is 2.44. The fourth-order valence-corrected chi connectivity index (χ4v) is 6.73. The molecule has 0 bridgehead atoms. The molecule has 0 fully saturated rings. The molecule has 4 aromatic rings. The van der Waals surface area contributed by atoms with Crippen LogP contribution in [0.25, 0.3) is 16.9 Å². The van der Waals surface area contributed by atoms with Gasteiger partial charge in [-0.2, -0.15) is 23.5 Å². The maximum Gasteiger partial charge on any atom is 0.433 e. The van der Waals surface area contributed by atoms with Crippen molar-refractivity contribution in [1.29, 1.82) is 5.26 Å². The van der Waals surface area contributed by atoms with Crippen LogP contribution in [0, 0.1) is 22.7 Å². The van der Waals surface area contributed by atoms with Crippen LogP contribution in [0.2, 0.25) is 0 Å². The van der Waals surface area contributed by atoms with Gasteiger partial charge in [0.2, 0.25) is 0 Å². The highest BCUT2D eigenvalue weighted by atomic mass is 79.9. The van der Waals surface area contributed by atoms with Gasteiger partial charge in [0.15, 0.2) is 17.0 Å². The summed E-state index contributed by atoms with van der Waals surface area (Å²) in [6.45, 7) is 6.57. The number of carbonyl (C=O) groups excluding carboxylic acids is 1. The molecular formula is C28H25BrF3N5O2S. The van der Waals surface area contributed by atoms with Crippen LogP contribution >= 0.6 is 27.3 Å². The Balaban J connectivity index is 1.54. The molecule has 5 rings (SSSR count). The number of benzene rings is 1. The van der Waals surface area contributed by atoms with Gasteiger partial charge in [0, 0.05) is 10.4 Å². The number of hydrogen-bond donors (Lipinski definition) is 1. The highest BCUT2D eigenvalue weighted by Gasteiger charge is 2.37. The van der Waals surface area contributed by atoms with E-state index in [1.165, 1.54) is 18.4 Å². The van der Waals surface area contributed by atoms with Gasteiger partial charge in [0.05, 0.1) is 22.8 Å². The summed E-state index contributed by atoms with van der Waals surface area (Å²) in [4.78, 5) is 18.8. The third-order valence-electron chi connectivity index (χ3n) is 7.25. The van der Waals surface area contributed by atoms with Crippen LogP contribution in [0.5, 0.6) is 5.75 Å². The quantitative estimate of drug-likeness (QED) is 0.251. The van der Waals surface area contributed by atoms with Crippen LogP contribution in [-0.4, -0.2) is 27.6 Å². The van der Waals surface area contributed by atoms with E-state index in [4.69, 9.17) is 4.74 Å². The standard InChI is InChI=1S/C28H25BrF3N5O2S/c1-27(2,3)15-7-10-17-18(13-33)26(40-20(17)11-15)35-25(38)23-22(29)24-34-19(14-5-8-16(39-4)9-6-14)12-21(28(30,31)32)37(24)36-23/h5-6,8-9,12,15H,7,10-11H2,1-4H3,(H,35,38)/t15-/m1/s1. The van der Waals surface area contributed by atoms with Crippen molar-refractivity contribution >= 4 is 43.8 Å². The van der Waals surface area contributed by atoms with Crippen molar-refractivity contribution in [3.05, 3.63) is 62.2 Å². The first-order valence-corrected chi connectivity index (χ1v) is 14.1. The Bertz CT molecular complexity index is 1660. The fraction of sp³-hybridized carbons (Fsp3) is 0.357. The van der Waals surface area contributed by atoms with Crippen LogP contribution in [0.3, 0.4) is 0 Å². The van der Waals surface area contributed by atoms with Crippen LogP contribution in [-0.2, 0) is 19.0 Å². The smallest absolute Gasteiger partial charge is 0.433 e. The average molecular weight is 633 g/mol. The number of fused-ring (bicyclic) bond motifs is 2. The SMILES string of the molecule is COc1ccc(-c2cc(C(F)(F)F)n3nc(C(=O)Nc4sc5c(c4C#N)CC[C@@H](C(C)(C)C)C5)c(Br)c3n2)cc1. The molecule has 1 atom stereocenters. The van der Waals surface area contributed by atoms with Gasteiger partial charge in [-0.25, -0.2) is 9.50 Å². The number of nitrogens with one attached hydrogen (secondary N) is 1. The molecule has 0 unspecified atom stereocenters. The number of ether oxygens (including phenoxy) is 1. The second-order valence-electron chi connectivity index (χ2n) is 10.7. The normalized spacial score (nSPS) is 15.5. The molecule has 1 aromatic carbocycles. The molecule has 3 heterocycles. The Morgan fingerprint density at radius 3 is 2.55 bits per heavy atom. The summed E-state index contributed by atoms with van der Waals surface area (Å²) in [6, 6.07) is 9.54. The van der Waals surface area contributed by atoms with Gasteiger partial charge in [-0.05, 0) is 82.4 Å². The van der Waals surface area contributed by atoms with Crippen LogP contribution < -0.4 is 10.1 Å². The van der Waals surface area contributed by atoms with E-state index < -0.39 is 17.8 Å². The first-order valence-electron chi connectivity index (χ1n) is 12.5. The molecule has 0 aliphatic heterocycles. The molecule has 208 valence electrons. The predicted octanol–water partition coefficient (Wildman–Crippen LogP) is 7.52. The Labute approximate surface area is 241 Å². The minimum absolute atomic E-state index is 0.0125. The summed E-state index contributed by atoms with van der Waals surface area (Å²) in [6.07, 6.45) is -2.29. The molecule has 7 nitrogen and oxygen atoms in total. The molecule has 1 aliphatic rings. The number of nitrogens with zero attached hydrogens (tertiary/aromatic N) is 4. The number of hydrogen-bond acceptors (Lipinski definition) is 6. The number of amides is 1. The van der Waals surface area contributed by atoms with Gasteiger partial charge in [0.25, 0.3) is 5.91 Å². The topological polar surface area (TPSA) is 92.3 Å². The second kappa shape index (κ2) is 10.2. The van der Waals surface area contributed by atoms with Crippen molar-refractivity contribution in [2.75, 3.05) is 12.4 Å². The van der Waals surface area contributed by atoms with Crippen molar-refractivity contribution in [3.63, 3.8) is 0 Å². The second-order valence-corrected chi connectivity index (χ2v) is 12.6. The maximum absolute atomic E-state index is 14.1. The summed E-state index contributed by atoms with van der Waals surface area (Å²) >= 11 is 4.61. The zero-order chi connectivity index (χ0) is 29.0. The molecule has 0 saturated carbocycles. The number of aromatic nitrogens is 3. The third kappa shape index (κ3) is 5.08. The lowest BCUT2D eigenvalue weighted by Crippen LogP contribution is -2.26. The summed E-state index contributed by atoms with van der Waals surface area (Å²) in [7, 11) is 1.49. The zero-order valence-electron chi connectivity index (χ0n) is 22.1. The molecule has 0 saturated heterocycles. The number of thiophene rings is 1. The molecule has 1 amide bonds. The van der Waals surface area contributed by atoms with Crippen molar-refractivity contribution < 1.29 is 22.7 Å². The van der Waals surface area contributed by atoms with E-state index >= 15 is 0 Å². The number of nitriles is 1. The van der Waals surface area contributed by atoms with Gasteiger partial charge in [-0.3, -0.25) is 4.79 Å². The van der Waals surface area contributed by atoms with Crippen molar-refractivity contribution in [2.45, 2.75) is 46.2 Å². The van der Waals surface area contributed by atoms with Gasteiger partial charge in [-0.1, -0.05) is 20.8 Å². The Hall–Kier alpha value is -3.43. The van der Waals surface area contributed by atoms with Gasteiger partial charge >= 0.3 is 6.18 Å². The molecule has 0 radical (unpaired) electrons. The van der Waals surface area contributed by atoms with E-state index in [1.54, 1.807) is 24.3 Å². The van der Waals surface area contributed by atoms with Crippen LogP contribution in [0.1, 0.15) is 59.4 Å². The first kappa shape index (κ1) is 28.1.